The average molecular weight is 520 g/mol. The van der Waals surface area contributed by atoms with E-state index in [4.69, 9.17) is 24.7 Å². The highest BCUT2D eigenvalue weighted by molar-refractivity contribution is 5.83. The minimum absolute atomic E-state index is 0.258. The van der Waals surface area contributed by atoms with E-state index < -0.39 is 30.3 Å². The molecule has 0 spiro atoms. The first-order valence-electron chi connectivity index (χ1n) is 12.2. The summed E-state index contributed by atoms with van der Waals surface area (Å²) in [6, 6.07) is 3.60. The van der Waals surface area contributed by atoms with Gasteiger partial charge in [0.05, 0.1) is 13.4 Å². The Hall–Kier alpha value is -4.05. The molecule has 0 unspecified atom stereocenters. The average Bonchev–Trinajstić information content (AvgIpc) is 3.57. The molecule has 198 valence electrons. The molecule has 12 nitrogen and oxygen atoms in total. The Morgan fingerprint density at radius 1 is 1.29 bits per heavy atom. The number of nitrogens with one attached hydrogen (secondary N) is 1. The molecule has 0 bridgehead atoms. The fourth-order valence-corrected chi connectivity index (χ4v) is 4.56. The van der Waals surface area contributed by atoms with E-state index in [1.807, 2.05) is 0 Å². The number of nitrogens with zero attached hydrogens (tertiary/aromatic N) is 5. The lowest BCUT2D eigenvalue weighted by molar-refractivity contribution is -0.197. The first kappa shape index (κ1) is 25.6. The van der Waals surface area contributed by atoms with Crippen LogP contribution in [0.5, 0.6) is 5.75 Å². The molecule has 2 aliphatic rings. The molecule has 5 rings (SSSR count). The number of hydrogen-bond acceptors (Lipinski definition) is 10. The van der Waals surface area contributed by atoms with E-state index in [1.165, 1.54) is 6.33 Å². The van der Waals surface area contributed by atoms with Crippen molar-refractivity contribution in [2.75, 3.05) is 19.4 Å². The summed E-state index contributed by atoms with van der Waals surface area (Å²) in [5.74, 6) is 5.84. The van der Waals surface area contributed by atoms with E-state index in [-0.39, 0.29) is 11.7 Å². The largest absolute Gasteiger partial charge is 0.494 e. The quantitative estimate of drug-likeness (QED) is 0.350. The smallest absolute Gasteiger partial charge is 0.252 e. The zero-order valence-corrected chi connectivity index (χ0v) is 21.4. The Kier molecular flexibility index (Phi) is 6.98. The van der Waals surface area contributed by atoms with E-state index >= 15 is 0 Å². The van der Waals surface area contributed by atoms with Gasteiger partial charge in [-0.2, -0.15) is 0 Å². The third-order valence-corrected chi connectivity index (χ3v) is 6.24. The van der Waals surface area contributed by atoms with Gasteiger partial charge >= 0.3 is 0 Å². The van der Waals surface area contributed by atoms with Crippen LogP contribution in [0.3, 0.4) is 0 Å². The number of methoxy groups -OCH3 is 1. The monoisotopic (exact) mass is 519 g/mol. The lowest BCUT2D eigenvalue weighted by atomic mass is 10.1. The number of fused-ring (bicyclic) bond motifs is 2. The van der Waals surface area contributed by atoms with Crippen LogP contribution in [-0.4, -0.2) is 68.2 Å². The van der Waals surface area contributed by atoms with Crippen LogP contribution in [0.1, 0.15) is 44.3 Å². The van der Waals surface area contributed by atoms with Crippen LogP contribution in [0.4, 0.5) is 5.82 Å². The molecule has 0 radical (unpaired) electrons. The maximum Gasteiger partial charge on any atom is 0.252 e. The molecule has 4 atom stereocenters. The van der Waals surface area contributed by atoms with Crippen molar-refractivity contribution >= 4 is 29.0 Å². The molecule has 0 aliphatic carbocycles. The number of aromatic nitrogens is 5. The van der Waals surface area contributed by atoms with Gasteiger partial charge in [-0.3, -0.25) is 9.36 Å². The van der Waals surface area contributed by atoms with Gasteiger partial charge in [0.15, 0.2) is 29.6 Å². The number of imidazole rings is 1. The number of ether oxygens (including phenoxy) is 4. The molecule has 3 N–H and O–H groups in total. The third kappa shape index (κ3) is 4.91. The van der Waals surface area contributed by atoms with Crippen molar-refractivity contribution in [1.82, 2.24) is 29.8 Å². The van der Waals surface area contributed by atoms with Crippen LogP contribution in [0.25, 0.3) is 17.2 Å². The molecule has 3 aromatic rings. The van der Waals surface area contributed by atoms with Gasteiger partial charge in [-0.1, -0.05) is 12.5 Å². The number of unbranched alkanes of at least 4 members (excludes halogenated alkanes) is 1. The van der Waals surface area contributed by atoms with Crippen molar-refractivity contribution in [2.24, 2.45) is 0 Å². The van der Waals surface area contributed by atoms with Gasteiger partial charge in [0.1, 0.15) is 41.2 Å². The fraction of sp³-hybridized carbons (Fsp3) is 0.423. The Labute approximate surface area is 219 Å². The first-order valence-corrected chi connectivity index (χ1v) is 12.2. The van der Waals surface area contributed by atoms with Crippen molar-refractivity contribution in [1.29, 1.82) is 0 Å². The van der Waals surface area contributed by atoms with Gasteiger partial charge in [0, 0.05) is 13.0 Å². The highest BCUT2D eigenvalue weighted by Crippen LogP contribution is 2.43. The summed E-state index contributed by atoms with van der Waals surface area (Å²) in [5, 5.41) is 2.93. The van der Waals surface area contributed by atoms with Crippen molar-refractivity contribution < 1.29 is 23.7 Å². The lowest BCUT2D eigenvalue weighted by Gasteiger charge is -2.24. The molecule has 3 aromatic heterocycles. The van der Waals surface area contributed by atoms with E-state index in [0.29, 0.717) is 47.7 Å². The maximum atomic E-state index is 13.1. The second kappa shape index (κ2) is 10.4. The molecule has 38 heavy (non-hydrogen) atoms. The normalized spacial score (nSPS) is 23.4. The summed E-state index contributed by atoms with van der Waals surface area (Å²) >= 11 is 0. The van der Waals surface area contributed by atoms with Crippen LogP contribution in [-0.2, 0) is 19.0 Å². The lowest BCUT2D eigenvalue weighted by Crippen LogP contribution is -2.43. The standard InChI is InChI=1S/C26H29N7O5/c1-5-16-17(35-4)11-10-15(32-16)9-7-6-8-12-28-24(34)20-19-21(38-26(2,3)37-19)25(36-20)33-14-31-18-22(27)29-13-30-23(18)33/h5,10-11,13-14,19-21,25H,1,6,8,12H2,2-4H3,(H,28,34)(H2,27,29,30)/t19-,20+,21-,25-/m1/s1. The van der Waals surface area contributed by atoms with Crippen molar-refractivity contribution in [3.8, 4) is 17.6 Å². The number of anilines is 1. The Bertz CT molecular complexity index is 1430. The summed E-state index contributed by atoms with van der Waals surface area (Å²) in [6.07, 6.45) is 3.05. The minimum atomic E-state index is -0.879. The first-order chi connectivity index (χ1) is 18.3. The van der Waals surface area contributed by atoms with E-state index in [9.17, 15) is 4.79 Å². The van der Waals surface area contributed by atoms with Gasteiger partial charge in [-0.15, -0.1) is 0 Å². The SMILES string of the molecule is C=Cc1nc(C#CCCCNC(=O)[C@H]2O[C@@H](n3cnc4c(N)ncnc43)[C@@H]3OC(C)(C)O[C@@H]32)ccc1OC. The number of carbonyl (C=O) groups excluding carboxylic acids is 1. The van der Waals surface area contributed by atoms with Gasteiger partial charge in [0.25, 0.3) is 5.91 Å². The molecule has 1 amide bonds. The number of nitrogens with two attached hydrogens (primary N) is 1. The topological polar surface area (TPSA) is 149 Å². The summed E-state index contributed by atoms with van der Waals surface area (Å²) in [6.45, 7) is 7.77. The van der Waals surface area contributed by atoms with E-state index in [2.05, 4.69) is 43.7 Å². The molecule has 2 aliphatic heterocycles. The second-order valence-corrected chi connectivity index (χ2v) is 9.28. The van der Waals surface area contributed by atoms with E-state index in [1.54, 1.807) is 50.1 Å². The Balaban J connectivity index is 1.21. The summed E-state index contributed by atoms with van der Waals surface area (Å²) in [7, 11) is 1.58. The number of amides is 1. The zero-order chi connectivity index (χ0) is 26.9. The number of pyridine rings is 1. The van der Waals surface area contributed by atoms with Gasteiger partial charge < -0.3 is 30.0 Å². The summed E-state index contributed by atoms with van der Waals surface area (Å²) in [4.78, 5) is 30.1. The number of rotatable bonds is 7. The van der Waals surface area contributed by atoms with Crippen LogP contribution in [0.2, 0.25) is 0 Å². The van der Waals surface area contributed by atoms with Gasteiger partial charge in [-0.05, 0) is 44.4 Å². The molecule has 5 heterocycles. The van der Waals surface area contributed by atoms with Gasteiger partial charge in [-0.25, -0.2) is 19.9 Å². The van der Waals surface area contributed by atoms with Crippen molar-refractivity contribution in [2.45, 2.75) is 57.0 Å². The maximum absolute atomic E-state index is 13.1. The molecular weight excluding hydrogens is 490 g/mol. The van der Waals surface area contributed by atoms with Crippen molar-refractivity contribution in [3.05, 3.63) is 42.8 Å². The number of hydrogen-bond donors (Lipinski definition) is 2. The highest BCUT2D eigenvalue weighted by Gasteiger charge is 2.58. The second-order valence-electron chi connectivity index (χ2n) is 9.28. The van der Waals surface area contributed by atoms with Crippen LogP contribution in [0, 0.1) is 11.8 Å². The third-order valence-electron chi connectivity index (χ3n) is 6.24. The van der Waals surface area contributed by atoms with E-state index in [0.717, 1.165) is 0 Å². The Morgan fingerprint density at radius 2 is 2.11 bits per heavy atom. The molecule has 0 saturated carbocycles. The minimum Gasteiger partial charge on any atom is -0.494 e. The summed E-state index contributed by atoms with van der Waals surface area (Å²) < 4.78 is 25.3. The molecule has 2 fully saturated rings. The predicted molar refractivity (Wildman–Crippen MR) is 137 cm³/mol. The molecule has 0 aromatic carbocycles. The molecule has 2 saturated heterocycles. The molecular formula is C26H29N7O5. The van der Waals surface area contributed by atoms with Crippen molar-refractivity contribution in [3.63, 3.8) is 0 Å². The van der Waals surface area contributed by atoms with Crippen LogP contribution >= 0.6 is 0 Å². The summed E-state index contributed by atoms with van der Waals surface area (Å²) in [5.41, 5.74) is 8.13. The molecule has 12 heteroatoms. The van der Waals surface area contributed by atoms with Gasteiger partial charge in [0.2, 0.25) is 0 Å². The zero-order valence-electron chi connectivity index (χ0n) is 21.4. The van der Waals surface area contributed by atoms with Crippen LogP contribution in [0.15, 0.2) is 31.4 Å². The number of nitrogen functional groups attached to an aromatic ring is 1. The highest BCUT2D eigenvalue weighted by atomic mass is 16.8. The van der Waals surface area contributed by atoms with Crippen LogP contribution < -0.4 is 15.8 Å². The number of carbonyl (C=O) groups is 1. The fourth-order valence-electron chi connectivity index (χ4n) is 4.56. The predicted octanol–water partition coefficient (Wildman–Crippen LogP) is 1.82. The Morgan fingerprint density at radius 3 is 2.89 bits per heavy atom.